The molecule has 2 aromatic carbocycles. The molecule has 0 aliphatic carbocycles. The van der Waals surface area contributed by atoms with Crippen molar-refractivity contribution in [1.29, 1.82) is 0 Å². The Morgan fingerprint density at radius 2 is 1.86 bits per heavy atom. The van der Waals surface area contributed by atoms with Crippen molar-refractivity contribution in [2.75, 3.05) is 13.1 Å². The van der Waals surface area contributed by atoms with E-state index in [4.69, 9.17) is 5.73 Å². The van der Waals surface area contributed by atoms with Crippen molar-refractivity contribution in [2.45, 2.75) is 37.3 Å². The minimum absolute atomic E-state index is 0.0464. The highest BCUT2D eigenvalue weighted by Gasteiger charge is 2.29. The van der Waals surface area contributed by atoms with Gasteiger partial charge < -0.3 is 10.8 Å². The number of fused-ring (bicyclic) bond motifs is 1. The van der Waals surface area contributed by atoms with Gasteiger partial charge in [0.1, 0.15) is 0 Å². The second-order valence-electron chi connectivity index (χ2n) is 7.62. The van der Waals surface area contributed by atoms with Crippen LogP contribution in [-0.4, -0.2) is 48.0 Å². The summed E-state index contributed by atoms with van der Waals surface area (Å²) in [5, 5.41) is 10.7. The molecule has 0 aliphatic heterocycles. The lowest BCUT2D eigenvalue weighted by molar-refractivity contribution is 0.116. The molecule has 8 heteroatoms. The normalized spacial score (nSPS) is 14.6. The maximum absolute atomic E-state index is 13.3. The average Bonchev–Trinajstić information content (AvgIpc) is 3.15. The second kappa shape index (κ2) is 9.32. The molecule has 0 spiro atoms. The van der Waals surface area contributed by atoms with Gasteiger partial charge in [-0.1, -0.05) is 44.2 Å². The van der Waals surface area contributed by atoms with E-state index in [-0.39, 0.29) is 17.4 Å². The summed E-state index contributed by atoms with van der Waals surface area (Å²) >= 11 is 1.40. The molecule has 2 atom stereocenters. The third-order valence-electron chi connectivity index (χ3n) is 4.71. The lowest BCUT2D eigenvalue weighted by atomic mass is 10.0. The fraction of sp³-hybridized carbons (Fsp3) is 0.381. The maximum atomic E-state index is 13.3. The van der Waals surface area contributed by atoms with Crippen molar-refractivity contribution in [3.8, 4) is 0 Å². The van der Waals surface area contributed by atoms with Crippen LogP contribution in [0.2, 0.25) is 0 Å². The lowest BCUT2D eigenvalue weighted by Crippen LogP contribution is -2.47. The zero-order valence-electron chi connectivity index (χ0n) is 16.6. The SMILES string of the molecule is CC(C)CN(C[C@@H](O)C(N)Cc1ccccc1)S(=O)(=O)c1ccc2ncsc2c1. The van der Waals surface area contributed by atoms with E-state index >= 15 is 0 Å². The van der Waals surface area contributed by atoms with Gasteiger partial charge in [0.25, 0.3) is 0 Å². The summed E-state index contributed by atoms with van der Waals surface area (Å²) in [7, 11) is -3.77. The lowest BCUT2D eigenvalue weighted by Gasteiger charge is -2.28. The minimum atomic E-state index is -3.77. The molecule has 3 aromatic rings. The molecular weight excluding hydrogens is 406 g/mol. The fourth-order valence-corrected chi connectivity index (χ4v) is 5.63. The van der Waals surface area contributed by atoms with Gasteiger partial charge in [0.15, 0.2) is 0 Å². The monoisotopic (exact) mass is 433 g/mol. The van der Waals surface area contributed by atoms with Gasteiger partial charge in [-0.05, 0) is 36.1 Å². The van der Waals surface area contributed by atoms with Gasteiger partial charge >= 0.3 is 0 Å². The van der Waals surface area contributed by atoms with Crippen LogP contribution in [0.5, 0.6) is 0 Å². The zero-order valence-corrected chi connectivity index (χ0v) is 18.2. The van der Waals surface area contributed by atoms with Crippen molar-refractivity contribution in [3.05, 3.63) is 59.6 Å². The molecule has 1 unspecified atom stereocenters. The van der Waals surface area contributed by atoms with E-state index in [1.165, 1.54) is 15.6 Å². The van der Waals surface area contributed by atoms with Crippen molar-refractivity contribution < 1.29 is 13.5 Å². The molecular formula is C21H27N3O3S2. The van der Waals surface area contributed by atoms with Crippen LogP contribution in [0.4, 0.5) is 0 Å². The van der Waals surface area contributed by atoms with Gasteiger partial charge in [-0.15, -0.1) is 11.3 Å². The smallest absolute Gasteiger partial charge is 0.243 e. The van der Waals surface area contributed by atoms with Gasteiger partial charge in [-0.2, -0.15) is 4.31 Å². The number of aliphatic hydroxyl groups excluding tert-OH is 1. The van der Waals surface area contributed by atoms with E-state index in [1.54, 1.807) is 23.7 Å². The third-order valence-corrected chi connectivity index (χ3v) is 7.33. The molecule has 6 nitrogen and oxygen atoms in total. The fourth-order valence-electron chi connectivity index (χ4n) is 3.19. The first-order chi connectivity index (χ1) is 13.8. The molecule has 0 saturated heterocycles. The molecule has 0 radical (unpaired) electrons. The maximum Gasteiger partial charge on any atom is 0.243 e. The van der Waals surface area contributed by atoms with Crippen molar-refractivity contribution in [2.24, 2.45) is 11.7 Å². The molecule has 1 aromatic heterocycles. The van der Waals surface area contributed by atoms with Crippen LogP contribution < -0.4 is 5.73 Å². The van der Waals surface area contributed by atoms with Crippen molar-refractivity contribution in [3.63, 3.8) is 0 Å². The van der Waals surface area contributed by atoms with Gasteiger partial charge in [-0.25, -0.2) is 13.4 Å². The number of hydrogen-bond donors (Lipinski definition) is 2. The first-order valence-electron chi connectivity index (χ1n) is 9.58. The van der Waals surface area contributed by atoms with Crippen LogP contribution in [0, 0.1) is 5.92 Å². The molecule has 3 rings (SSSR count). The van der Waals surface area contributed by atoms with Gasteiger partial charge in [0.2, 0.25) is 10.0 Å². The number of rotatable bonds is 9. The first kappa shape index (κ1) is 21.9. The van der Waals surface area contributed by atoms with Gasteiger partial charge in [0, 0.05) is 19.1 Å². The number of nitrogens with two attached hydrogens (primary N) is 1. The molecule has 0 aliphatic rings. The minimum Gasteiger partial charge on any atom is -0.390 e. The van der Waals surface area contributed by atoms with Crippen molar-refractivity contribution in [1.82, 2.24) is 9.29 Å². The topological polar surface area (TPSA) is 96.5 Å². The Labute approximate surface area is 176 Å². The zero-order chi connectivity index (χ0) is 21.0. The van der Waals surface area contributed by atoms with Crippen LogP contribution in [0.15, 0.2) is 58.9 Å². The number of aromatic nitrogens is 1. The second-order valence-corrected chi connectivity index (χ2v) is 10.4. The highest BCUT2D eigenvalue weighted by atomic mass is 32.2. The molecule has 29 heavy (non-hydrogen) atoms. The molecule has 156 valence electrons. The Bertz CT molecular complexity index is 1040. The summed E-state index contributed by atoms with van der Waals surface area (Å²) in [6.07, 6.45) is -0.499. The quantitative estimate of drug-likeness (QED) is 0.541. The summed E-state index contributed by atoms with van der Waals surface area (Å²) in [6.45, 7) is 4.16. The van der Waals surface area contributed by atoms with Gasteiger partial charge in [0.05, 0.1) is 26.7 Å². The number of nitrogens with zero attached hydrogens (tertiary/aromatic N) is 2. The number of benzene rings is 2. The summed E-state index contributed by atoms with van der Waals surface area (Å²) < 4.78 is 28.8. The number of sulfonamides is 1. The Balaban J connectivity index is 1.80. The highest BCUT2D eigenvalue weighted by molar-refractivity contribution is 7.89. The van der Waals surface area contributed by atoms with E-state index in [0.717, 1.165) is 15.8 Å². The molecule has 0 saturated carbocycles. The van der Waals surface area contributed by atoms with E-state index < -0.39 is 22.2 Å². The van der Waals surface area contributed by atoms with Crippen LogP contribution in [-0.2, 0) is 16.4 Å². The summed E-state index contributed by atoms with van der Waals surface area (Å²) in [5.41, 5.74) is 9.67. The molecule has 0 bridgehead atoms. The molecule has 0 fully saturated rings. The van der Waals surface area contributed by atoms with Gasteiger partial charge in [-0.3, -0.25) is 0 Å². The predicted octanol–water partition coefficient (Wildman–Crippen LogP) is 2.87. The van der Waals surface area contributed by atoms with Crippen LogP contribution in [0.1, 0.15) is 19.4 Å². The van der Waals surface area contributed by atoms with Crippen molar-refractivity contribution >= 4 is 31.6 Å². The van der Waals surface area contributed by atoms with E-state index in [2.05, 4.69) is 4.98 Å². The average molecular weight is 434 g/mol. The Hall–Kier alpha value is -1.84. The molecule has 0 amide bonds. The van der Waals surface area contributed by atoms with E-state index in [0.29, 0.717) is 13.0 Å². The number of hydrogen-bond acceptors (Lipinski definition) is 6. The standard InChI is InChI=1S/C21H27N3O3S2/c1-15(2)12-24(13-20(25)18(22)10-16-6-4-3-5-7-16)29(26,27)17-8-9-19-21(11-17)28-14-23-19/h3-9,11,14-15,18,20,25H,10,12-13,22H2,1-2H3/t18?,20-/m1/s1. The Morgan fingerprint density at radius 1 is 1.14 bits per heavy atom. The first-order valence-corrected chi connectivity index (χ1v) is 11.9. The summed E-state index contributed by atoms with van der Waals surface area (Å²) in [4.78, 5) is 4.41. The third kappa shape index (κ3) is 5.40. The number of thiazole rings is 1. The number of aliphatic hydroxyl groups is 1. The molecule has 1 heterocycles. The summed E-state index contributed by atoms with van der Waals surface area (Å²) in [6, 6.07) is 14.0. The van der Waals surface area contributed by atoms with E-state index in [1.807, 2.05) is 44.2 Å². The van der Waals surface area contributed by atoms with Crippen LogP contribution in [0.25, 0.3) is 10.2 Å². The van der Waals surface area contributed by atoms with Crippen LogP contribution in [0.3, 0.4) is 0 Å². The molecule has 3 N–H and O–H groups in total. The Kier molecular flexibility index (Phi) is 7.02. The Morgan fingerprint density at radius 3 is 2.55 bits per heavy atom. The predicted molar refractivity (Wildman–Crippen MR) is 117 cm³/mol. The highest BCUT2D eigenvalue weighted by Crippen LogP contribution is 2.25. The largest absolute Gasteiger partial charge is 0.390 e. The van der Waals surface area contributed by atoms with Crippen LogP contribution >= 0.6 is 11.3 Å². The van der Waals surface area contributed by atoms with E-state index in [9.17, 15) is 13.5 Å². The summed E-state index contributed by atoms with van der Waals surface area (Å²) in [5.74, 6) is 0.106.